The first kappa shape index (κ1) is 28.4. The van der Waals surface area contributed by atoms with Crippen molar-refractivity contribution in [1.29, 1.82) is 0 Å². The molecule has 1 heterocycles. The lowest BCUT2D eigenvalue weighted by molar-refractivity contribution is -0.295. The standard InChI is InChI=1S/C26H46O7/c1-10-20(28-5)17(4)18-14-19(18)21(27)15(2)12-11-13-16(3)22-23(29-6)24(30-7)25(31-8)26(32-9)33-22/h11-13,15,17-27H,10,14H2,1-9H3/b12-11+,16-13+/t15-,17-,18-,19+,20-,21+,22-,23+,24-,25+,26+/m0/s1. The van der Waals surface area contributed by atoms with Crippen molar-refractivity contribution < 1.29 is 33.5 Å². The van der Waals surface area contributed by atoms with E-state index >= 15 is 0 Å². The second kappa shape index (κ2) is 13.3. The van der Waals surface area contributed by atoms with Gasteiger partial charge in [-0.05, 0) is 43.1 Å². The maximum absolute atomic E-state index is 10.9. The van der Waals surface area contributed by atoms with Crippen molar-refractivity contribution >= 4 is 0 Å². The predicted molar refractivity (Wildman–Crippen MR) is 128 cm³/mol. The van der Waals surface area contributed by atoms with E-state index in [9.17, 15) is 5.11 Å². The second-order valence-electron chi connectivity index (χ2n) is 9.51. The highest BCUT2D eigenvalue weighted by molar-refractivity contribution is 5.19. The molecule has 0 spiro atoms. The lowest BCUT2D eigenvalue weighted by Crippen LogP contribution is -2.60. The van der Waals surface area contributed by atoms with Crippen molar-refractivity contribution in [3.05, 3.63) is 23.8 Å². The van der Waals surface area contributed by atoms with E-state index in [2.05, 4.69) is 26.8 Å². The van der Waals surface area contributed by atoms with Crippen LogP contribution in [0, 0.1) is 23.7 Å². The quantitative estimate of drug-likeness (QED) is 0.412. The van der Waals surface area contributed by atoms with Gasteiger partial charge in [-0.3, -0.25) is 0 Å². The molecule has 1 saturated carbocycles. The molecule has 0 bridgehead atoms. The van der Waals surface area contributed by atoms with Gasteiger partial charge in [-0.25, -0.2) is 0 Å². The Bertz CT molecular complexity index is 632. The summed E-state index contributed by atoms with van der Waals surface area (Å²) in [5.41, 5.74) is 0.988. The normalized spacial score (nSPS) is 36.5. The zero-order valence-electron chi connectivity index (χ0n) is 21.9. The minimum Gasteiger partial charge on any atom is -0.392 e. The van der Waals surface area contributed by atoms with Crippen molar-refractivity contribution in [3.8, 4) is 0 Å². The van der Waals surface area contributed by atoms with Gasteiger partial charge in [0.05, 0.1) is 12.2 Å². The number of hydrogen-bond acceptors (Lipinski definition) is 7. The Hall–Kier alpha value is -0.800. The number of allylic oxidation sites excluding steroid dienone is 2. The number of methoxy groups -OCH3 is 5. The average Bonchev–Trinajstić information content (AvgIpc) is 3.63. The second-order valence-corrected chi connectivity index (χ2v) is 9.51. The lowest BCUT2D eigenvalue weighted by Gasteiger charge is -2.44. The van der Waals surface area contributed by atoms with Gasteiger partial charge >= 0.3 is 0 Å². The zero-order chi connectivity index (χ0) is 24.7. The molecule has 1 N–H and O–H groups in total. The Morgan fingerprint density at radius 2 is 1.61 bits per heavy atom. The molecule has 0 unspecified atom stereocenters. The van der Waals surface area contributed by atoms with Gasteiger partial charge in [-0.15, -0.1) is 0 Å². The third-order valence-corrected chi connectivity index (χ3v) is 7.60. The Morgan fingerprint density at radius 3 is 2.12 bits per heavy atom. The van der Waals surface area contributed by atoms with Gasteiger partial charge in [0.15, 0.2) is 6.29 Å². The van der Waals surface area contributed by atoms with Crippen LogP contribution in [0.3, 0.4) is 0 Å². The van der Waals surface area contributed by atoms with Gasteiger partial charge in [0.1, 0.15) is 24.4 Å². The van der Waals surface area contributed by atoms with Gasteiger partial charge in [0.2, 0.25) is 0 Å². The Morgan fingerprint density at radius 1 is 0.970 bits per heavy atom. The summed E-state index contributed by atoms with van der Waals surface area (Å²) >= 11 is 0. The van der Waals surface area contributed by atoms with Crippen LogP contribution in [0.1, 0.15) is 40.5 Å². The fraction of sp³-hybridized carbons (Fsp3) is 0.846. The Labute approximate surface area is 200 Å². The van der Waals surface area contributed by atoms with Gasteiger partial charge in [-0.1, -0.05) is 39.0 Å². The fourth-order valence-corrected chi connectivity index (χ4v) is 5.38. The van der Waals surface area contributed by atoms with Crippen molar-refractivity contribution in [3.63, 3.8) is 0 Å². The van der Waals surface area contributed by atoms with Gasteiger partial charge in [0, 0.05) is 41.5 Å². The molecule has 7 heteroatoms. The summed E-state index contributed by atoms with van der Waals surface area (Å²) in [6.45, 7) is 8.47. The van der Waals surface area contributed by atoms with Crippen LogP contribution in [0.25, 0.3) is 0 Å². The molecule has 2 rings (SSSR count). The lowest BCUT2D eigenvalue weighted by atomic mass is 9.91. The van der Waals surface area contributed by atoms with E-state index in [0.717, 1.165) is 18.4 Å². The van der Waals surface area contributed by atoms with Crippen molar-refractivity contribution in [2.24, 2.45) is 23.7 Å². The molecule has 192 valence electrons. The van der Waals surface area contributed by atoms with E-state index < -0.39 is 6.29 Å². The molecule has 0 aromatic heterocycles. The van der Waals surface area contributed by atoms with Crippen molar-refractivity contribution in [2.75, 3.05) is 35.5 Å². The summed E-state index contributed by atoms with van der Waals surface area (Å²) in [7, 11) is 8.27. The Kier molecular flexibility index (Phi) is 11.5. The summed E-state index contributed by atoms with van der Waals surface area (Å²) < 4.78 is 34.2. The molecule has 2 fully saturated rings. The van der Waals surface area contributed by atoms with Crippen LogP contribution in [0.4, 0.5) is 0 Å². The maximum atomic E-state index is 10.9. The van der Waals surface area contributed by atoms with Crippen LogP contribution in [0.15, 0.2) is 23.8 Å². The van der Waals surface area contributed by atoms with E-state index in [1.165, 1.54) is 0 Å². The van der Waals surface area contributed by atoms with E-state index in [4.69, 9.17) is 28.4 Å². The van der Waals surface area contributed by atoms with Crippen molar-refractivity contribution in [1.82, 2.24) is 0 Å². The Balaban J connectivity index is 2.02. The SMILES string of the molecule is CC[C@H](OC)[C@@H](C)[C@@H]1C[C@H]1[C@H](O)[C@@H](C)/C=C/C=C(\C)[C@@H]1O[C@@H](OC)[C@H](OC)[C@@H](OC)[C@@H]1OC. The van der Waals surface area contributed by atoms with Crippen LogP contribution in [0.2, 0.25) is 0 Å². The molecule has 0 aromatic rings. The molecule has 1 aliphatic carbocycles. The topological polar surface area (TPSA) is 75.6 Å². The molecule has 0 radical (unpaired) electrons. The molecule has 1 aliphatic heterocycles. The predicted octanol–water partition coefficient (Wildman–Crippen LogP) is 3.60. The molecule has 11 atom stereocenters. The third-order valence-electron chi connectivity index (χ3n) is 7.60. The molecule has 0 amide bonds. The first-order valence-corrected chi connectivity index (χ1v) is 12.1. The van der Waals surface area contributed by atoms with E-state index in [1.54, 1.807) is 35.5 Å². The number of aliphatic hydroxyl groups is 1. The van der Waals surface area contributed by atoms with Gasteiger partial charge < -0.3 is 33.5 Å². The van der Waals surface area contributed by atoms with E-state index in [0.29, 0.717) is 17.8 Å². The van der Waals surface area contributed by atoms with Crippen LogP contribution in [0.5, 0.6) is 0 Å². The first-order chi connectivity index (χ1) is 15.8. The first-order valence-electron chi connectivity index (χ1n) is 12.1. The molecule has 7 nitrogen and oxygen atoms in total. The maximum Gasteiger partial charge on any atom is 0.186 e. The smallest absolute Gasteiger partial charge is 0.186 e. The average molecular weight is 471 g/mol. The zero-order valence-corrected chi connectivity index (χ0v) is 21.9. The molecule has 1 saturated heterocycles. The molecule has 33 heavy (non-hydrogen) atoms. The number of rotatable bonds is 13. The van der Waals surface area contributed by atoms with Gasteiger partial charge in [0.25, 0.3) is 0 Å². The van der Waals surface area contributed by atoms with Crippen molar-refractivity contribution in [2.45, 2.75) is 83.5 Å². The fourth-order valence-electron chi connectivity index (χ4n) is 5.38. The molecular weight excluding hydrogens is 424 g/mol. The molecule has 0 aromatic carbocycles. The number of hydrogen-bond donors (Lipinski definition) is 1. The van der Waals surface area contributed by atoms with E-state index in [-0.39, 0.29) is 42.5 Å². The van der Waals surface area contributed by atoms with Crippen LogP contribution in [-0.2, 0) is 28.4 Å². The molecular formula is C26H46O7. The highest BCUT2D eigenvalue weighted by Gasteiger charge is 2.49. The van der Waals surface area contributed by atoms with Crippen LogP contribution in [-0.4, -0.2) is 83.6 Å². The van der Waals surface area contributed by atoms with Crippen LogP contribution >= 0.6 is 0 Å². The summed E-state index contributed by atoms with van der Waals surface area (Å²) in [6, 6.07) is 0. The summed E-state index contributed by atoms with van der Waals surface area (Å²) in [5, 5.41) is 10.9. The van der Waals surface area contributed by atoms with E-state index in [1.807, 2.05) is 19.1 Å². The largest absolute Gasteiger partial charge is 0.392 e. The minimum absolute atomic E-state index is 0.0562. The van der Waals surface area contributed by atoms with Gasteiger partial charge in [-0.2, -0.15) is 0 Å². The van der Waals surface area contributed by atoms with Crippen LogP contribution < -0.4 is 0 Å². The monoisotopic (exact) mass is 470 g/mol. The highest BCUT2D eigenvalue weighted by atomic mass is 16.7. The minimum atomic E-state index is -0.558. The highest BCUT2D eigenvalue weighted by Crippen LogP contribution is 2.49. The number of ether oxygens (including phenoxy) is 6. The molecule has 2 aliphatic rings. The third kappa shape index (κ3) is 6.66. The summed E-state index contributed by atoms with van der Waals surface area (Å²) in [5.74, 6) is 1.39. The summed E-state index contributed by atoms with van der Waals surface area (Å²) in [6.07, 6.45) is 6.10. The summed E-state index contributed by atoms with van der Waals surface area (Å²) in [4.78, 5) is 0. The number of aliphatic hydroxyl groups excluding tert-OH is 1.